The van der Waals surface area contributed by atoms with Crippen LogP contribution in [-0.4, -0.2) is 48.7 Å². The zero-order valence-electron chi connectivity index (χ0n) is 10.7. The summed E-state index contributed by atoms with van der Waals surface area (Å²) in [5.74, 6) is 0. The van der Waals surface area contributed by atoms with Gasteiger partial charge in [0, 0.05) is 17.0 Å². The van der Waals surface area contributed by atoms with Gasteiger partial charge in [-0.15, -0.1) is 0 Å². The fraction of sp³-hybridized carbons (Fsp3) is 0.500. The molecule has 108 valence electrons. The van der Waals surface area contributed by atoms with Crippen molar-refractivity contribution in [1.29, 1.82) is 0 Å². The third kappa shape index (κ3) is 1.96. The lowest BCUT2D eigenvalue weighted by molar-refractivity contribution is 0.0755. The monoisotopic (exact) mass is 296 g/mol. The van der Waals surface area contributed by atoms with Crippen LogP contribution in [0.25, 0.3) is 11.0 Å². The van der Waals surface area contributed by atoms with Crippen LogP contribution in [0.15, 0.2) is 17.3 Å². The largest absolute Gasteiger partial charge is 0.392 e. The first-order valence-electron chi connectivity index (χ1n) is 6.35. The molecular formula is C12H16N4O3S. The van der Waals surface area contributed by atoms with Crippen LogP contribution < -0.4 is 10.9 Å². The normalized spacial score (nSPS) is 31.8. The summed E-state index contributed by atoms with van der Waals surface area (Å²) in [5.41, 5.74) is 1.44. The maximum absolute atomic E-state index is 11.7. The van der Waals surface area contributed by atoms with Gasteiger partial charge in [-0.25, -0.2) is 4.98 Å². The summed E-state index contributed by atoms with van der Waals surface area (Å²) in [6.45, 7) is 1.61. The average Bonchev–Trinajstić information content (AvgIpc) is 2.94. The van der Waals surface area contributed by atoms with Crippen molar-refractivity contribution in [3.63, 3.8) is 0 Å². The Morgan fingerprint density at radius 3 is 2.85 bits per heavy atom. The zero-order chi connectivity index (χ0) is 14.4. The fourth-order valence-corrected chi connectivity index (χ4v) is 3.15. The standard InChI is InChI=1S/C12H16N4O3S/c1-4(17)6-10(18)11(20)8(16-6)5-2-13-9-7(5)14-3-15-12(9)19/h2-4,6,8,10-11,13,16-18,20H,1H3,(H,14,15,19)/t4?,6-,8+,10-,11+/m1/s1. The minimum Gasteiger partial charge on any atom is -0.392 e. The minimum absolute atomic E-state index is 0.248. The van der Waals surface area contributed by atoms with Crippen LogP contribution in [0, 0.1) is 0 Å². The third-order valence-corrected chi connectivity index (χ3v) is 4.39. The van der Waals surface area contributed by atoms with Gasteiger partial charge in [0.15, 0.2) is 0 Å². The topological polar surface area (TPSA) is 114 Å². The molecule has 3 heterocycles. The molecular weight excluding hydrogens is 280 g/mol. The van der Waals surface area contributed by atoms with Gasteiger partial charge in [-0.2, -0.15) is 12.6 Å². The number of fused-ring (bicyclic) bond motifs is 1. The molecule has 0 aromatic carbocycles. The van der Waals surface area contributed by atoms with Gasteiger partial charge in [0.05, 0.1) is 30.6 Å². The maximum atomic E-state index is 11.7. The summed E-state index contributed by atoms with van der Waals surface area (Å²) in [4.78, 5) is 21.2. The van der Waals surface area contributed by atoms with E-state index in [1.54, 1.807) is 13.1 Å². The highest BCUT2D eigenvalue weighted by Gasteiger charge is 2.43. The SMILES string of the molecule is CC(O)[C@H]1N[C@@H](c2c[nH]c3c(=O)[nH]cnc23)[C@H](S)[C@@H]1O. The molecule has 1 saturated heterocycles. The number of hydrogen-bond acceptors (Lipinski definition) is 6. The summed E-state index contributed by atoms with van der Waals surface area (Å²) in [5, 5.41) is 22.6. The van der Waals surface area contributed by atoms with E-state index in [1.807, 2.05) is 0 Å². The molecule has 0 amide bonds. The summed E-state index contributed by atoms with van der Waals surface area (Å²) in [6, 6.07) is -0.759. The van der Waals surface area contributed by atoms with E-state index in [2.05, 4.69) is 32.9 Å². The lowest BCUT2D eigenvalue weighted by atomic mass is 10.0. The Bertz CT molecular complexity index is 683. The highest BCUT2D eigenvalue weighted by Crippen LogP contribution is 2.34. The number of H-pyrrole nitrogens is 2. The van der Waals surface area contributed by atoms with Crippen molar-refractivity contribution in [1.82, 2.24) is 20.3 Å². The van der Waals surface area contributed by atoms with E-state index in [0.717, 1.165) is 5.56 Å². The molecule has 1 aliphatic heterocycles. The van der Waals surface area contributed by atoms with Gasteiger partial charge in [0.25, 0.3) is 5.56 Å². The molecule has 0 bridgehead atoms. The summed E-state index contributed by atoms with van der Waals surface area (Å²) in [6.07, 6.45) is 1.54. The van der Waals surface area contributed by atoms with Crippen LogP contribution in [0.2, 0.25) is 0 Å². The number of aliphatic hydroxyl groups is 2. The van der Waals surface area contributed by atoms with Crippen LogP contribution in [0.4, 0.5) is 0 Å². The van der Waals surface area contributed by atoms with Gasteiger partial charge in [0.2, 0.25) is 0 Å². The van der Waals surface area contributed by atoms with E-state index in [-0.39, 0.29) is 11.6 Å². The molecule has 5 N–H and O–H groups in total. The second kappa shape index (κ2) is 4.88. The van der Waals surface area contributed by atoms with Gasteiger partial charge >= 0.3 is 0 Å². The molecule has 1 unspecified atom stereocenters. The van der Waals surface area contributed by atoms with Gasteiger partial charge < -0.3 is 25.5 Å². The van der Waals surface area contributed by atoms with Crippen LogP contribution in [-0.2, 0) is 0 Å². The Hall–Kier alpha value is -1.35. The molecule has 3 rings (SSSR count). The molecule has 0 aliphatic carbocycles. The van der Waals surface area contributed by atoms with Crippen LogP contribution in [0.5, 0.6) is 0 Å². The Balaban J connectivity index is 2.04. The average molecular weight is 296 g/mol. The van der Waals surface area contributed by atoms with E-state index >= 15 is 0 Å². The number of rotatable bonds is 2. The van der Waals surface area contributed by atoms with Crippen LogP contribution >= 0.6 is 12.6 Å². The van der Waals surface area contributed by atoms with E-state index < -0.39 is 23.5 Å². The minimum atomic E-state index is -0.782. The lowest BCUT2D eigenvalue weighted by Gasteiger charge is -2.18. The molecule has 0 radical (unpaired) electrons. The molecule has 1 fully saturated rings. The fourth-order valence-electron chi connectivity index (χ4n) is 2.72. The highest BCUT2D eigenvalue weighted by atomic mass is 32.1. The molecule has 8 heteroatoms. The molecule has 0 saturated carbocycles. The van der Waals surface area contributed by atoms with Crippen molar-refractivity contribution >= 4 is 23.7 Å². The van der Waals surface area contributed by atoms with Crippen molar-refractivity contribution in [2.24, 2.45) is 0 Å². The van der Waals surface area contributed by atoms with Crippen molar-refractivity contribution in [3.05, 3.63) is 28.4 Å². The highest BCUT2D eigenvalue weighted by molar-refractivity contribution is 7.81. The Morgan fingerprint density at radius 2 is 2.20 bits per heavy atom. The molecule has 2 aromatic rings. The van der Waals surface area contributed by atoms with Crippen LogP contribution in [0.3, 0.4) is 0 Å². The van der Waals surface area contributed by atoms with Gasteiger partial charge in [-0.1, -0.05) is 0 Å². The molecule has 20 heavy (non-hydrogen) atoms. The Kier molecular flexibility index (Phi) is 3.33. The first-order valence-corrected chi connectivity index (χ1v) is 6.87. The van der Waals surface area contributed by atoms with Gasteiger partial charge in [-0.3, -0.25) is 4.79 Å². The zero-order valence-corrected chi connectivity index (χ0v) is 11.6. The number of hydrogen-bond donors (Lipinski definition) is 6. The van der Waals surface area contributed by atoms with Crippen molar-refractivity contribution in [3.8, 4) is 0 Å². The van der Waals surface area contributed by atoms with Crippen LogP contribution in [0.1, 0.15) is 18.5 Å². The molecule has 2 aromatic heterocycles. The quantitative estimate of drug-likeness (QED) is 0.410. The predicted molar refractivity (Wildman–Crippen MR) is 76.8 cm³/mol. The van der Waals surface area contributed by atoms with E-state index in [0.29, 0.717) is 11.0 Å². The Morgan fingerprint density at radius 1 is 1.45 bits per heavy atom. The molecule has 7 nitrogen and oxygen atoms in total. The second-order valence-electron chi connectivity index (χ2n) is 5.09. The second-order valence-corrected chi connectivity index (χ2v) is 5.69. The summed E-state index contributed by atoms with van der Waals surface area (Å²) >= 11 is 4.42. The number of aromatic nitrogens is 3. The first-order chi connectivity index (χ1) is 9.50. The number of aromatic amines is 2. The Labute approximate surface area is 119 Å². The lowest BCUT2D eigenvalue weighted by Crippen LogP contribution is -2.41. The van der Waals surface area contributed by atoms with Crippen molar-refractivity contribution in [2.75, 3.05) is 0 Å². The summed E-state index contributed by atoms with van der Waals surface area (Å²) < 4.78 is 0. The predicted octanol–water partition coefficient (Wildman–Crippen LogP) is -0.696. The van der Waals surface area contributed by atoms with Crippen molar-refractivity contribution < 1.29 is 10.2 Å². The smallest absolute Gasteiger partial charge is 0.275 e. The van der Waals surface area contributed by atoms with Gasteiger partial charge in [-0.05, 0) is 6.92 Å². The van der Waals surface area contributed by atoms with E-state index in [4.69, 9.17) is 0 Å². The molecule has 5 atom stereocenters. The summed E-state index contributed by atoms with van der Waals surface area (Å²) in [7, 11) is 0. The number of aliphatic hydroxyl groups excluding tert-OH is 2. The van der Waals surface area contributed by atoms with Crippen molar-refractivity contribution in [2.45, 2.75) is 36.5 Å². The van der Waals surface area contributed by atoms with Gasteiger partial charge in [0.1, 0.15) is 11.0 Å². The number of nitrogens with zero attached hydrogens (tertiary/aromatic N) is 1. The van der Waals surface area contributed by atoms with E-state index in [9.17, 15) is 15.0 Å². The molecule has 1 aliphatic rings. The third-order valence-electron chi connectivity index (χ3n) is 3.78. The number of thiol groups is 1. The first kappa shape index (κ1) is 13.6. The number of nitrogens with one attached hydrogen (secondary N) is 3. The maximum Gasteiger partial charge on any atom is 0.275 e. The van der Waals surface area contributed by atoms with E-state index in [1.165, 1.54) is 6.33 Å². The molecule has 0 spiro atoms.